The van der Waals surface area contributed by atoms with E-state index in [2.05, 4.69) is 5.32 Å². The van der Waals surface area contributed by atoms with Crippen LogP contribution in [0.4, 0.5) is 20.2 Å². The number of hydrogen-bond donors (Lipinski definition) is 3. The number of carbonyl (C=O) groups excluding carboxylic acids is 4. The zero-order valence-corrected chi connectivity index (χ0v) is 25.7. The third kappa shape index (κ3) is 7.37. The topological polar surface area (TPSA) is 133 Å². The molecule has 0 unspecified atom stereocenters. The first kappa shape index (κ1) is 33.3. The van der Waals surface area contributed by atoms with Crippen molar-refractivity contribution in [1.29, 1.82) is 0 Å². The van der Waals surface area contributed by atoms with Crippen molar-refractivity contribution < 1.29 is 33.1 Å². The number of anilines is 2. The van der Waals surface area contributed by atoms with Crippen LogP contribution in [0.15, 0.2) is 66.7 Å². The minimum absolute atomic E-state index is 0.0200. The van der Waals surface area contributed by atoms with E-state index in [0.29, 0.717) is 23.0 Å². The van der Waals surface area contributed by atoms with Crippen molar-refractivity contribution in [2.45, 2.75) is 52.1 Å². The maximum atomic E-state index is 14.6. The highest BCUT2D eigenvalue weighted by molar-refractivity contribution is 6.37. The van der Waals surface area contributed by atoms with Gasteiger partial charge in [-0.2, -0.15) is 0 Å². The second kappa shape index (κ2) is 13.6. The number of nitrogens with one attached hydrogen (secondary N) is 1. The Morgan fingerprint density at radius 1 is 0.822 bits per heavy atom. The van der Waals surface area contributed by atoms with Crippen molar-refractivity contribution >= 4 is 34.9 Å². The van der Waals surface area contributed by atoms with E-state index in [1.165, 1.54) is 34.1 Å². The fourth-order valence-corrected chi connectivity index (χ4v) is 5.46. The Morgan fingerprint density at radius 2 is 1.31 bits per heavy atom. The minimum Gasteiger partial charge on any atom is -0.508 e. The van der Waals surface area contributed by atoms with Crippen LogP contribution in [0.3, 0.4) is 0 Å². The lowest BCUT2D eigenvalue weighted by molar-refractivity contribution is -0.144. The standard InChI is InChI=1S/C34H38F2N4O5/c1-20(2)18-39-28-7-5-6-8-29(28)40(19-21(3)4)33(45)34(37,32(39)44)31(43)27(15-22-9-11-26(41)12-10-22)38-30(42)16-23-13-24(35)17-25(36)14-23/h5-14,17,20-21,27,41H,15-16,18-19,37H2,1-4H3,(H,38,42)/t27-/m0/s1. The Bertz CT molecular complexity index is 1520. The predicted octanol–water partition coefficient (Wildman–Crippen LogP) is 3.90. The zero-order chi connectivity index (χ0) is 33.1. The molecule has 3 amide bonds. The first-order chi connectivity index (χ1) is 21.2. The molecule has 0 fully saturated rings. The number of halogens is 2. The monoisotopic (exact) mass is 620 g/mol. The van der Waals surface area contributed by atoms with Gasteiger partial charge in [0.2, 0.25) is 11.4 Å². The van der Waals surface area contributed by atoms with E-state index in [1.807, 2.05) is 27.7 Å². The molecule has 4 rings (SSSR count). The Labute approximate surface area is 261 Å². The van der Waals surface area contributed by atoms with Crippen LogP contribution in [0.25, 0.3) is 0 Å². The summed E-state index contributed by atoms with van der Waals surface area (Å²) < 4.78 is 27.7. The van der Waals surface area contributed by atoms with Gasteiger partial charge in [0.1, 0.15) is 17.4 Å². The lowest BCUT2D eigenvalue weighted by Gasteiger charge is -2.34. The predicted molar refractivity (Wildman–Crippen MR) is 167 cm³/mol. The van der Waals surface area contributed by atoms with Gasteiger partial charge in [-0.25, -0.2) is 8.78 Å². The summed E-state index contributed by atoms with van der Waals surface area (Å²) >= 11 is 0. The molecule has 3 aromatic rings. The van der Waals surface area contributed by atoms with E-state index >= 15 is 0 Å². The van der Waals surface area contributed by atoms with Gasteiger partial charge < -0.3 is 26.0 Å². The molecule has 1 heterocycles. The molecular weight excluding hydrogens is 582 g/mol. The summed E-state index contributed by atoms with van der Waals surface area (Å²) in [5.74, 6) is -5.59. The van der Waals surface area contributed by atoms with Crippen LogP contribution in [0.2, 0.25) is 0 Å². The van der Waals surface area contributed by atoms with E-state index in [-0.39, 0.29) is 42.7 Å². The van der Waals surface area contributed by atoms with Gasteiger partial charge in [-0.15, -0.1) is 0 Å². The second-order valence-electron chi connectivity index (χ2n) is 12.2. The molecule has 0 radical (unpaired) electrons. The Kier molecular flexibility index (Phi) is 10.0. The third-order valence-electron chi connectivity index (χ3n) is 7.43. The van der Waals surface area contributed by atoms with E-state index in [0.717, 1.165) is 12.1 Å². The van der Waals surface area contributed by atoms with Crippen LogP contribution < -0.4 is 20.9 Å². The Balaban J connectivity index is 1.80. The SMILES string of the molecule is CC(C)CN1C(=O)C(N)(C(=O)[C@H](Cc2ccc(O)cc2)NC(=O)Cc2cc(F)cc(F)c2)C(=O)N(CC(C)C)c2ccccc21. The Morgan fingerprint density at radius 3 is 1.78 bits per heavy atom. The summed E-state index contributed by atoms with van der Waals surface area (Å²) in [5.41, 5.74) is 5.36. The maximum Gasteiger partial charge on any atom is 0.264 e. The van der Waals surface area contributed by atoms with Gasteiger partial charge in [0.15, 0.2) is 5.78 Å². The van der Waals surface area contributed by atoms with E-state index in [1.54, 1.807) is 24.3 Å². The van der Waals surface area contributed by atoms with Crippen molar-refractivity contribution in [3.05, 3.63) is 89.5 Å². The van der Waals surface area contributed by atoms with Crippen molar-refractivity contribution in [1.82, 2.24) is 5.32 Å². The van der Waals surface area contributed by atoms with Crippen molar-refractivity contribution in [2.75, 3.05) is 22.9 Å². The lowest BCUT2D eigenvalue weighted by Crippen LogP contribution is -2.72. The summed E-state index contributed by atoms with van der Waals surface area (Å²) in [5, 5.41) is 12.3. The second-order valence-corrected chi connectivity index (χ2v) is 12.2. The van der Waals surface area contributed by atoms with E-state index in [4.69, 9.17) is 5.73 Å². The van der Waals surface area contributed by atoms with Gasteiger partial charge in [0.05, 0.1) is 23.8 Å². The molecular formula is C34H38F2N4O5. The molecule has 238 valence electrons. The van der Waals surface area contributed by atoms with Crippen LogP contribution in [0.5, 0.6) is 5.75 Å². The van der Waals surface area contributed by atoms with Gasteiger partial charge in [0.25, 0.3) is 11.8 Å². The number of carbonyl (C=O) groups is 4. The number of phenols is 1. The number of fused-ring (bicyclic) bond motifs is 1. The zero-order valence-electron chi connectivity index (χ0n) is 25.7. The number of nitrogens with zero attached hydrogens (tertiary/aromatic N) is 2. The minimum atomic E-state index is -2.73. The largest absolute Gasteiger partial charge is 0.508 e. The normalized spacial score (nSPS) is 15.2. The molecule has 3 aromatic carbocycles. The highest BCUT2D eigenvalue weighted by Crippen LogP contribution is 2.37. The number of aromatic hydroxyl groups is 1. The highest BCUT2D eigenvalue weighted by atomic mass is 19.1. The van der Waals surface area contributed by atoms with Gasteiger partial charge in [0, 0.05) is 19.2 Å². The molecule has 1 aliphatic heterocycles. The summed E-state index contributed by atoms with van der Waals surface area (Å²) in [6.45, 7) is 7.86. The number of Topliss-reactive ketones (excluding diaryl/α,β-unsaturated/α-hetero) is 1. The number of benzene rings is 3. The molecule has 0 aromatic heterocycles. The average Bonchev–Trinajstić information content (AvgIpc) is 3.02. The summed E-state index contributed by atoms with van der Waals surface area (Å²) in [6.07, 6.45) is -0.679. The fraction of sp³-hybridized carbons (Fsp3) is 0.353. The molecule has 9 nitrogen and oxygen atoms in total. The van der Waals surface area contributed by atoms with Crippen LogP contribution in [-0.4, -0.2) is 53.3 Å². The third-order valence-corrected chi connectivity index (χ3v) is 7.43. The lowest BCUT2D eigenvalue weighted by atomic mass is 9.84. The molecule has 1 aliphatic rings. The molecule has 1 atom stereocenters. The summed E-state index contributed by atoms with van der Waals surface area (Å²) in [7, 11) is 0. The average molecular weight is 621 g/mol. The van der Waals surface area contributed by atoms with E-state index in [9.17, 15) is 33.1 Å². The van der Waals surface area contributed by atoms with Crippen molar-refractivity contribution in [3.63, 3.8) is 0 Å². The molecule has 11 heteroatoms. The van der Waals surface area contributed by atoms with Crippen molar-refractivity contribution in [2.24, 2.45) is 17.6 Å². The van der Waals surface area contributed by atoms with Crippen molar-refractivity contribution in [3.8, 4) is 5.75 Å². The maximum absolute atomic E-state index is 14.6. The smallest absolute Gasteiger partial charge is 0.264 e. The molecule has 0 aliphatic carbocycles. The van der Waals surface area contributed by atoms with Crippen LogP contribution in [0.1, 0.15) is 38.8 Å². The number of amides is 3. The van der Waals surface area contributed by atoms with Crippen LogP contribution in [0, 0.1) is 23.5 Å². The van der Waals surface area contributed by atoms with Gasteiger partial charge in [-0.05, 0) is 65.8 Å². The number of phenolic OH excluding ortho intramolecular Hbond substituents is 1. The summed E-state index contributed by atoms with van der Waals surface area (Å²) in [4.78, 5) is 59.3. The number of ketones is 1. The fourth-order valence-electron chi connectivity index (χ4n) is 5.46. The van der Waals surface area contributed by atoms with Gasteiger partial charge >= 0.3 is 0 Å². The highest BCUT2D eigenvalue weighted by Gasteiger charge is 2.57. The molecule has 0 saturated heterocycles. The molecule has 0 spiro atoms. The number of nitrogens with two attached hydrogens (primary N) is 1. The number of hydrogen-bond acceptors (Lipinski definition) is 6. The molecule has 0 bridgehead atoms. The Hall–Kier alpha value is -4.64. The van der Waals surface area contributed by atoms with Crippen LogP contribution >= 0.6 is 0 Å². The van der Waals surface area contributed by atoms with Crippen LogP contribution in [-0.2, 0) is 32.0 Å². The molecule has 4 N–H and O–H groups in total. The molecule has 0 saturated carbocycles. The van der Waals surface area contributed by atoms with E-state index < -0.39 is 53.1 Å². The molecule has 45 heavy (non-hydrogen) atoms. The van der Waals surface area contributed by atoms with Gasteiger partial charge in [-0.3, -0.25) is 19.2 Å². The number of para-hydroxylation sites is 2. The first-order valence-electron chi connectivity index (χ1n) is 14.8. The summed E-state index contributed by atoms with van der Waals surface area (Å²) in [6, 6.07) is 13.8. The first-order valence-corrected chi connectivity index (χ1v) is 14.8. The van der Waals surface area contributed by atoms with Gasteiger partial charge in [-0.1, -0.05) is 52.0 Å². The number of rotatable bonds is 11. The quantitative estimate of drug-likeness (QED) is 0.279.